The second kappa shape index (κ2) is 6.14. The quantitative estimate of drug-likeness (QED) is 0.740. The van der Waals surface area contributed by atoms with Gasteiger partial charge in [-0.15, -0.1) is 0 Å². The van der Waals surface area contributed by atoms with Gasteiger partial charge in [0.25, 0.3) is 0 Å². The first-order chi connectivity index (χ1) is 8.43. The van der Waals surface area contributed by atoms with Crippen molar-refractivity contribution in [2.45, 2.75) is 32.2 Å². The molecule has 0 aliphatic rings. The van der Waals surface area contributed by atoms with Crippen LogP contribution in [0.5, 0.6) is 0 Å². The molecule has 4 heteroatoms. The van der Waals surface area contributed by atoms with Gasteiger partial charge in [0.05, 0.1) is 6.61 Å². The van der Waals surface area contributed by atoms with Gasteiger partial charge in [-0.2, -0.15) is 5.26 Å². The van der Waals surface area contributed by atoms with E-state index < -0.39 is 13.9 Å². The molecule has 1 atom stereocenters. The van der Waals surface area contributed by atoms with Crippen LogP contribution in [-0.4, -0.2) is 21.5 Å². The summed E-state index contributed by atoms with van der Waals surface area (Å²) in [5.74, 6) is 0. The smallest absolute Gasteiger partial charge is 0.193 e. The molecule has 0 radical (unpaired) electrons. The molecular formula is C14H21NO2Si. The minimum absolute atomic E-state index is 0.272. The highest BCUT2D eigenvalue weighted by Crippen LogP contribution is 2.29. The summed E-state index contributed by atoms with van der Waals surface area (Å²) in [6.45, 7) is 9.00. The van der Waals surface area contributed by atoms with Gasteiger partial charge in [0.15, 0.2) is 13.9 Å². The van der Waals surface area contributed by atoms with Crippen molar-refractivity contribution < 1.29 is 9.16 Å². The molecule has 0 spiro atoms. The second-order valence-corrected chi connectivity index (χ2v) is 9.59. The summed E-state index contributed by atoms with van der Waals surface area (Å²) < 4.78 is 11.6. The summed E-state index contributed by atoms with van der Waals surface area (Å²) in [6.07, 6.45) is 0. The summed E-state index contributed by atoms with van der Waals surface area (Å²) >= 11 is 0. The van der Waals surface area contributed by atoms with Crippen LogP contribution in [-0.2, 0) is 14.8 Å². The summed E-state index contributed by atoms with van der Waals surface area (Å²) in [4.78, 5) is 0. The minimum atomic E-state index is -1.85. The molecule has 0 amide bonds. The van der Waals surface area contributed by atoms with Crippen LogP contribution in [0.15, 0.2) is 30.3 Å². The van der Waals surface area contributed by atoms with Gasteiger partial charge in [0.1, 0.15) is 6.07 Å². The molecule has 0 N–H and O–H groups in total. The Morgan fingerprint density at radius 3 is 2.28 bits per heavy atom. The highest BCUT2D eigenvalue weighted by molar-refractivity contribution is 6.69. The fourth-order valence-electron chi connectivity index (χ4n) is 1.77. The van der Waals surface area contributed by atoms with E-state index in [1.54, 1.807) is 0 Å². The maximum Gasteiger partial charge on any atom is 0.193 e. The molecular weight excluding hydrogens is 242 g/mol. The number of hydrogen-bond acceptors (Lipinski definition) is 3. The van der Waals surface area contributed by atoms with Crippen LogP contribution in [0.25, 0.3) is 0 Å². The van der Waals surface area contributed by atoms with Gasteiger partial charge in [-0.05, 0) is 32.1 Å². The van der Waals surface area contributed by atoms with Crippen LogP contribution in [0.2, 0.25) is 19.6 Å². The molecule has 0 aliphatic carbocycles. The first-order valence-corrected chi connectivity index (χ1v) is 9.59. The lowest BCUT2D eigenvalue weighted by molar-refractivity contribution is 0.00539. The predicted octanol–water partition coefficient (Wildman–Crippen LogP) is 3.29. The molecule has 0 aromatic heterocycles. The SMILES string of the molecule is CCOC[C@](C#N)(O[Si](C)(C)C)c1ccccc1. The van der Waals surface area contributed by atoms with Crippen molar-refractivity contribution in [2.75, 3.05) is 13.2 Å². The third-order valence-corrected chi connectivity index (χ3v) is 3.37. The molecule has 0 saturated heterocycles. The zero-order valence-electron chi connectivity index (χ0n) is 11.6. The Balaban J connectivity index is 3.11. The van der Waals surface area contributed by atoms with E-state index in [1.165, 1.54) is 0 Å². The number of ether oxygens (including phenoxy) is 1. The summed E-state index contributed by atoms with van der Waals surface area (Å²) in [5, 5.41) is 9.59. The third-order valence-electron chi connectivity index (χ3n) is 2.41. The molecule has 0 heterocycles. The maximum atomic E-state index is 9.59. The Labute approximate surface area is 110 Å². The third kappa shape index (κ3) is 3.95. The maximum absolute atomic E-state index is 9.59. The van der Waals surface area contributed by atoms with E-state index in [0.717, 1.165) is 5.56 Å². The van der Waals surface area contributed by atoms with Crippen LogP contribution < -0.4 is 0 Å². The van der Waals surface area contributed by atoms with Crippen LogP contribution >= 0.6 is 0 Å². The van der Waals surface area contributed by atoms with Gasteiger partial charge >= 0.3 is 0 Å². The van der Waals surface area contributed by atoms with Crippen LogP contribution in [0.3, 0.4) is 0 Å². The van der Waals surface area contributed by atoms with E-state index in [0.29, 0.717) is 6.61 Å². The van der Waals surface area contributed by atoms with Crippen molar-refractivity contribution in [3.63, 3.8) is 0 Å². The summed E-state index contributed by atoms with van der Waals surface area (Å²) in [6, 6.07) is 11.9. The van der Waals surface area contributed by atoms with E-state index in [-0.39, 0.29) is 6.61 Å². The van der Waals surface area contributed by atoms with E-state index in [1.807, 2.05) is 37.3 Å². The highest BCUT2D eigenvalue weighted by Gasteiger charge is 2.38. The van der Waals surface area contributed by atoms with Gasteiger partial charge in [0, 0.05) is 6.61 Å². The Morgan fingerprint density at radius 2 is 1.83 bits per heavy atom. The van der Waals surface area contributed by atoms with Crippen LogP contribution in [0.4, 0.5) is 0 Å². The fourth-order valence-corrected chi connectivity index (χ4v) is 3.04. The molecule has 1 aromatic carbocycles. The Bertz CT molecular complexity index is 408. The first-order valence-electron chi connectivity index (χ1n) is 6.18. The van der Waals surface area contributed by atoms with Crippen LogP contribution in [0, 0.1) is 11.3 Å². The van der Waals surface area contributed by atoms with Gasteiger partial charge in [-0.3, -0.25) is 0 Å². The molecule has 1 rings (SSSR count). The molecule has 0 fully saturated rings. The standard InChI is InChI=1S/C14H21NO2Si/c1-5-16-12-14(11-15,17-18(2,3)4)13-9-7-6-8-10-13/h6-10H,5,12H2,1-4H3/t14-/m0/s1. The van der Waals surface area contributed by atoms with Crippen molar-refractivity contribution in [3.05, 3.63) is 35.9 Å². The molecule has 0 saturated carbocycles. The van der Waals surface area contributed by atoms with Crippen molar-refractivity contribution in [3.8, 4) is 6.07 Å². The van der Waals surface area contributed by atoms with Gasteiger partial charge in [-0.25, -0.2) is 0 Å². The summed E-state index contributed by atoms with van der Waals surface area (Å²) in [5.41, 5.74) is -0.120. The molecule has 0 unspecified atom stereocenters. The lowest BCUT2D eigenvalue weighted by Crippen LogP contribution is -2.43. The van der Waals surface area contributed by atoms with Crippen molar-refractivity contribution >= 4 is 8.32 Å². The number of hydrogen-bond donors (Lipinski definition) is 0. The Kier molecular flexibility index (Phi) is 5.09. The highest BCUT2D eigenvalue weighted by atomic mass is 28.4. The second-order valence-electron chi connectivity index (χ2n) is 5.16. The molecule has 1 aromatic rings. The van der Waals surface area contributed by atoms with E-state index >= 15 is 0 Å². The Morgan fingerprint density at radius 1 is 1.22 bits per heavy atom. The molecule has 0 bridgehead atoms. The number of nitriles is 1. The average molecular weight is 263 g/mol. The van der Waals surface area contributed by atoms with Gasteiger partial charge in [0.2, 0.25) is 0 Å². The minimum Gasteiger partial charge on any atom is -0.395 e. The van der Waals surface area contributed by atoms with Crippen molar-refractivity contribution in [1.29, 1.82) is 5.26 Å². The van der Waals surface area contributed by atoms with E-state index in [2.05, 4.69) is 25.7 Å². The monoisotopic (exact) mass is 263 g/mol. The molecule has 18 heavy (non-hydrogen) atoms. The molecule has 0 aliphatic heterocycles. The fraction of sp³-hybridized carbons (Fsp3) is 0.500. The number of rotatable bonds is 6. The first kappa shape index (κ1) is 14.9. The topological polar surface area (TPSA) is 42.2 Å². The van der Waals surface area contributed by atoms with Crippen molar-refractivity contribution in [1.82, 2.24) is 0 Å². The zero-order valence-corrected chi connectivity index (χ0v) is 12.6. The van der Waals surface area contributed by atoms with Crippen LogP contribution in [0.1, 0.15) is 12.5 Å². The number of nitrogens with zero attached hydrogens (tertiary/aromatic N) is 1. The molecule has 98 valence electrons. The molecule has 3 nitrogen and oxygen atoms in total. The normalized spacial score (nSPS) is 14.8. The summed E-state index contributed by atoms with van der Waals surface area (Å²) in [7, 11) is -1.85. The van der Waals surface area contributed by atoms with Gasteiger partial charge in [-0.1, -0.05) is 30.3 Å². The van der Waals surface area contributed by atoms with E-state index in [4.69, 9.17) is 9.16 Å². The Hall–Kier alpha value is -1.15. The average Bonchev–Trinajstić information content (AvgIpc) is 2.34. The largest absolute Gasteiger partial charge is 0.395 e. The number of benzene rings is 1. The van der Waals surface area contributed by atoms with Crippen molar-refractivity contribution in [2.24, 2.45) is 0 Å². The predicted molar refractivity (Wildman–Crippen MR) is 74.7 cm³/mol. The lowest BCUT2D eigenvalue weighted by Gasteiger charge is -2.33. The van der Waals surface area contributed by atoms with Gasteiger partial charge < -0.3 is 9.16 Å². The lowest BCUT2D eigenvalue weighted by atomic mass is 9.96. The zero-order chi connectivity index (χ0) is 13.6. The van der Waals surface area contributed by atoms with E-state index in [9.17, 15) is 5.26 Å².